The Hall–Kier alpha value is -3.31. The van der Waals surface area contributed by atoms with Crippen molar-refractivity contribution in [1.29, 1.82) is 0 Å². The fraction of sp³-hybridized carbons (Fsp3) is 0.321. The highest BCUT2D eigenvalue weighted by Gasteiger charge is 2.39. The molecular formula is C28H30N4O. The van der Waals surface area contributed by atoms with Crippen molar-refractivity contribution in [2.75, 3.05) is 25.5 Å². The minimum Gasteiger partial charge on any atom is -0.497 e. The maximum Gasteiger partial charge on any atom is 0.119 e. The van der Waals surface area contributed by atoms with E-state index >= 15 is 0 Å². The van der Waals surface area contributed by atoms with Crippen molar-refractivity contribution < 1.29 is 4.74 Å². The summed E-state index contributed by atoms with van der Waals surface area (Å²) in [5, 5.41) is 4.99. The largest absolute Gasteiger partial charge is 0.497 e. The third-order valence-electron chi connectivity index (χ3n) is 7.61. The standard InChI is InChI=1S/C28H30N4O/c1-19-28(20-11-14-31(19)15-12-20)30-23-4-9-26(29-18-23)21-3-10-27-22(17-21)13-16-32(27)24-5-7-25(33-2)8-6-24/h3-10,13,16-20,28,30H,11-12,14-15H2,1-2H3/t19-,28+/m1/s1. The summed E-state index contributed by atoms with van der Waals surface area (Å²) in [5.74, 6) is 1.64. The lowest BCUT2D eigenvalue weighted by molar-refractivity contribution is 0.0458. The van der Waals surface area contributed by atoms with Crippen LogP contribution in [0.5, 0.6) is 5.75 Å². The highest BCUT2D eigenvalue weighted by molar-refractivity contribution is 5.86. The molecule has 0 unspecified atom stereocenters. The van der Waals surface area contributed by atoms with Crippen molar-refractivity contribution in [3.8, 4) is 22.7 Å². The van der Waals surface area contributed by atoms with Gasteiger partial charge in [-0.05, 0) is 93.4 Å². The second kappa shape index (κ2) is 8.23. The monoisotopic (exact) mass is 438 g/mol. The van der Waals surface area contributed by atoms with Crippen molar-refractivity contribution in [3.05, 3.63) is 73.1 Å². The van der Waals surface area contributed by atoms with E-state index in [1.165, 1.54) is 36.8 Å². The normalized spacial score (nSPS) is 24.2. The fourth-order valence-electron chi connectivity index (χ4n) is 5.66. The molecule has 3 aliphatic heterocycles. The van der Waals surface area contributed by atoms with Gasteiger partial charge in [0.1, 0.15) is 5.75 Å². The maximum atomic E-state index is 5.28. The fourth-order valence-corrected chi connectivity index (χ4v) is 5.66. The van der Waals surface area contributed by atoms with Gasteiger partial charge in [0.25, 0.3) is 0 Å². The first-order chi connectivity index (χ1) is 16.2. The van der Waals surface area contributed by atoms with Gasteiger partial charge in [-0.15, -0.1) is 0 Å². The minimum absolute atomic E-state index is 0.522. The zero-order valence-electron chi connectivity index (χ0n) is 19.2. The number of piperidine rings is 3. The summed E-state index contributed by atoms with van der Waals surface area (Å²) in [6, 6.07) is 22.3. The van der Waals surface area contributed by atoms with E-state index < -0.39 is 0 Å². The van der Waals surface area contributed by atoms with Gasteiger partial charge in [0.2, 0.25) is 0 Å². The van der Waals surface area contributed by atoms with E-state index in [1.807, 2.05) is 18.3 Å². The van der Waals surface area contributed by atoms with Gasteiger partial charge in [-0.25, -0.2) is 0 Å². The van der Waals surface area contributed by atoms with Gasteiger partial charge >= 0.3 is 0 Å². The molecule has 0 amide bonds. The topological polar surface area (TPSA) is 42.3 Å². The number of anilines is 1. The molecule has 1 N–H and O–H groups in total. The van der Waals surface area contributed by atoms with Gasteiger partial charge in [0, 0.05) is 34.9 Å². The van der Waals surface area contributed by atoms with Crippen LogP contribution in [0.4, 0.5) is 5.69 Å². The third kappa shape index (κ3) is 3.66. The van der Waals surface area contributed by atoms with Crippen molar-refractivity contribution in [2.24, 2.45) is 5.92 Å². The Morgan fingerprint density at radius 1 is 0.970 bits per heavy atom. The smallest absolute Gasteiger partial charge is 0.119 e. The number of methoxy groups -OCH3 is 1. The van der Waals surface area contributed by atoms with Gasteiger partial charge in [0.15, 0.2) is 0 Å². The average Bonchev–Trinajstić information content (AvgIpc) is 3.30. The van der Waals surface area contributed by atoms with Crippen LogP contribution < -0.4 is 10.1 Å². The van der Waals surface area contributed by atoms with E-state index in [9.17, 15) is 0 Å². The lowest BCUT2D eigenvalue weighted by Gasteiger charge is -2.50. The molecule has 3 saturated heterocycles. The van der Waals surface area contributed by atoms with Crippen LogP contribution in [0.15, 0.2) is 73.1 Å². The van der Waals surface area contributed by atoms with E-state index in [1.54, 1.807) is 7.11 Å². The van der Waals surface area contributed by atoms with Crippen LogP contribution in [-0.2, 0) is 0 Å². The Labute approximate surface area is 195 Å². The molecule has 7 rings (SSSR count). The van der Waals surface area contributed by atoms with Crippen LogP contribution in [0.1, 0.15) is 19.8 Å². The lowest BCUT2D eigenvalue weighted by atomic mass is 9.79. The SMILES string of the molecule is COc1ccc(-n2ccc3cc(-c4ccc(N[C@@H]5C6CCN(CC6)[C@@H]5C)cn4)ccc32)cc1. The number of pyridine rings is 1. The van der Waals surface area contributed by atoms with Crippen LogP contribution in [0.3, 0.4) is 0 Å². The number of hydrogen-bond donors (Lipinski definition) is 1. The highest BCUT2D eigenvalue weighted by Crippen LogP contribution is 2.34. The molecule has 5 heteroatoms. The number of fused-ring (bicyclic) bond motifs is 4. The second-order valence-corrected chi connectivity index (χ2v) is 9.37. The first-order valence-corrected chi connectivity index (χ1v) is 11.9. The summed E-state index contributed by atoms with van der Waals surface area (Å²) in [6.45, 7) is 4.87. The van der Waals surface area contributed by atoms with Crippen LogP contribution in [0, 0.1) is 5.92 Å². The number of nitrogens with zero attached hydrogens (tertiary/aromatic N) is 3. The molecule has 2 aromatic carbocycles. The van der Waals surface area contributed by atoms with E-state index in [2.05, 4.69) is 76.4 Å². The Balaban J connectivity index is 1.22. The highest BCUT2D eigenvalue weighted by atomic mass is 16.5. The van der Waals surface area contributed by atoms with Gasteiger partial charge in [-0.1, -0.05) is 6.07 Å². The van der Waals surface area contributed by atoms with E-state index in [4.69, 9.17) is 9.72 Å². The lowest BCUT2D eigenvalue weighted by Crippen LogP contribution is -2.59. The van der Waals surface area contributed by atoms with Crippen LogP contribution in [0.2, 0.25) is 0 Å². The molecule has 0 spiro atoms. The molecule has 2 aromatic heterocycles. The van der Waals surface area contributed by atoms with Crippen molar-refractivity contribution >= 4 is 16.6 Å². The van der Waals surface area contributed by atoms with E-state index in [0.29, 0.717) is 12.1 Å². The van der Waals surface area contributed by atoms with Crippen LogP contribution >= 0.6 is 0 Å². The van der Waals surface area contributed by atoms with E-state index in [-0.39, 0.29) is 0 Å². The summed E-state index contributed by atoms with van der Waals surface area (Å²) in [6.07, 6.45) is 6.73. The molecule has 0 aliphatic carbocycles. The Bertz CT molecular complexity index is 1250. The number of rotatable bonds is 5. The van der Waals surface area contributed by atoms with E-state index in [0.717, 1.165) is 34.3 Å². The molecule has 5 heterocycles. The number of hydrogen-bond acceptors (Lipinski definition) is 4. The van der Waals surface area contributed by atoms with Crippen molar-refractivity contribution in [2.45, 2.75) is 31.8 Å². The summed E-state index contributed by atoms with van der Waals surface area (Å²) >= 11 is 0. The van der Waals surface area contributed by atoms with Crippen molar-refractivity contribution in [3.63, 3.8) is 0 Å². The van der Waals surface area contributed by atoms with Crippen molar-refractivity contribution in [1.82, 2.24) is 14.5 Å². The molecule has 2 bridgehead atoms. The summed E-state index contributed by atoms with van der Waals surface area (Å²) in [4.78, 5) is 7.41. The molecule has 3 fully saturated rings. The molecule has 0 saturated carbocycles. The van der Waals surface area contributed by atoms with Gasteiger partial charge in [-0.2, -0.15) is 0 Å². The summed E-state index contributed by atoms with van der Waals surface area (Å²) in [7, 11) is 1.69. The Kier molecular flexibility index (Phi) is 5.07. The molecule has 5 nitrogen and oxygen atoms in total. The molecule has 4 aromatic rings. The maximum absolute atomic E-state index is 5.28. The Morgan fingerprint density at radius 2 is 1.79 bits per heavy atom. The number of nitrogens with one attached hydrogen (secondary N) is 1. The third-order valence-corrected chi connectivity index (χ3v) is 7.61. The zero-order valence-corrected chi connectivity index (χ0v) is 19.2. The van der Waals surface area contributed by atoms with Crippen LogP contribution in [-0.4, -0.2) is 46.7 Å². The molecule has 0 radical (unpaired) electrons. The predicted molar refractivity (Wildman–Crippen MR) is 134 cm³/mol. The zero-order chi connectivity index (χ0) is 22.4. The molecule has 168 valence electrons. The van der Waals surface area contributed by atoms with Gasteiger partial charge in [0.05, 0.1) is 30.2 Å². The summed E-state index contributed by atoms with van der Waals surface area (Å²) in [5.41, 5.74) is 5.56. The van der Waals surface area contributed by atoms with Gasteiger partial charge in [-0.3, -0.25) is 9.88 Å². The number of ether oxygens (including phenoxy) is 1. The Morgan fingerprint density at radius 3 is 2.48 bits per heavy atom. The first kappa shape index (κ1) is 20.3. The molecule has 2 atom stereocenters. The van der Waals surface area contributed by atoms with Crippen LogP contribution in [0.25, 0.3) is 27.8 Å². The first-order valence-electron chi connectivity index (χ1n) is 11.9. The molecular weight excluding hydrogens is 408 g/mol. The second-order valence-electron chi connectivity index (χ2n) is 9.37. The molecule has 3 aliphatic rings. The molecule has 33 heavy (non-hydrogen) atoms. The minimum atomic E-state index is 0.522. The quantitative estimate of drug-likeness (QED) is 0.441. The number of aromatic nitrogens is 2. The average molecular weight is 439 g/mol. The predicted octanol–water partition coefficient (Wildman–Crippen LogP) is 5.60. The summed E-state index contributed by atoms with van der Waals surface area (Å²) < 4.78 is 7.49. The number of benzene rings is 2. The van der Waals surface area contributed by atoms with Gasteiger partial charge < -0.3 is 14.6 Å².